The second-order valence-electron chi connectivity index (χ2n) is 7.58. The molecule has 1 aromatic carbocycles. The Hall–Kier alpha value is -3.42. The van der Waals surface area contributed by atoms with Gasteiger partial charge in [-0.1, -0.05) is 25.5 Å². The molecule has 0 amide bonds. The van der Waals surface area contributed by atoms with Crippen molar-refractivity contribution in [1.82, 2.24) is 40.0 Å². The first-order chi connectivity index (χ1) is 16.5. The monoisotopic (exact) mass is 518 g/mol. The molecule has 15 heteroatoms. The summed E-state index contributed by atoms with van der Waals surface area (Å²) in [6.07, 6.45) is -7.70. The van der Waals surface area contributed by atoms with Crippen LogP contribution in [0.2, 0.25) is 5.28 Å². The van der Waals surface area contributed by atoms with E-state index in [2.05, 4.69) is 25.5 Å². The number of nitrogens with zero attached hydrogens (tertiary/aromatic N) is 7. The molecule has 3 aromatic heterocycles. The molecule has 0 radical (unpaired) electrons. The predicted molar refractivity (Wildman–Crippen MR) is 112 cm³/mol. The van der Waals surface area contributed by atoms with Gasteiger partial charge in [-0.15, -0.1) is 10.2 Å². The third-order valence-electron chi connectivity index (χ3n) is 5.10. The largest absolute Gasteiger partial charge is 0.431 e. The van der Waals surface area contributed by atoms with E-state index in [4.69, 9.17) is 11.6 Å². The topological polar surface area (TPSA) is 90.1 Å². The quantitative estimate of drug-likeness (QED) is 0.334. The van der Waals surface area contributed by atoms with Crippen molar-refractivity contribution in [3.05, 3.63) is 58.3 Å². The number of tetrazole rings is 1. The maximum atomic E-state index is 13.8. The van der Waals surface area contributed by atoms with Gasteiger partial charge in [0.1, 0.15) is 11.4 Å². The zero-order valence-electron chi connectivity index (χ0n) is 18.0. The number of aryl methyl sites for hydroxylation is 1. The van der Waals surface area contributed by atoms with Crippen molar-refractivity contribution in [3.8, 4) is 17.2 Å². The summed E-state index contributed by atoms with van der Waals surface area (Å²) in [6.45, 7) is 2.19. The lowest BCUT2D eigenvalue weighted by atomic mass is 10.2. The van der Waals surface area contributed by atoms with E-state index in [9.17, 15) is 26.3 Å². The normalized spacial score (nSPS) is 12.5. The highest BCUT2D eigenvalue weighted by Crippen LogP contribution is 2.44. The van der Waals surface area contributed by atoms with Crippen molar-refractivity contribution in [1.29, 1.82) is 0 Å². The van der Waals surface area contributed by atoms with Crippen LogP contribution in [0.5, 0.6) is 0 Å². The Morgan fingerprint density at radius 1 is 1.03 bits per heavy atom. The van der Waals surface area contributed by atoms with Crippen molar-refractivity contribution < 1.29 is 26.3 Å². The maximum absolute atomic E-state index is 13.8. The van der Waals surface area contributed by atoms with E-state index in [1.807, 2.05) is 12.1 Å². The first kappa shape index (κ1) is 24.7. The maximum Gasteiger partial charge on any atom is 0.431 e. The molecule has 4 rings (SSSR count). The fourth-order valence-corrected chi connectivity index (χ4v) is 3.71. The predicted octanol–water partition coefficient (Wildman–Crippen LogP) is 5.33. The van der Waals surface area contributed by atoms with Crippen LogP contribution in [0.15, 0.2) is 30.3 Å². The summed E-state index contributed by atoms with van der Waals surface area (Å²) >= 11 is 6.13. The number of benzene rings is 1. The second-order valence-corrected chi connectivity index (χ2v) is 7.92. The minimum atomic E-state index is -5.10. The van der Waals surface area contributed by atoms with E-state index < -0.39 is 35.1 Å². The van der Waals surface area contributed by atoms with E-state index in [0.29, 0.717) is 22.4 Å². The molecular weight excluding hydrogens is 502 g/mol. The van der Waals surface area contributed by atoms with Gasteiger partial charge in [0.25, 0.3) is 0 Å². The molecule has 35 heavy (non-hydrogen) atoms. The number of unbranched alkanes of at least 4 members (excludes halogenated alkanes) is 1. The van der Waals surface area contributed by atoms with Gasteiger partial charge in [0.05, 0.1) is 12.1 Å². The molecule has 0 spiro atoms. The van der Waals surface area contributed by atoms with Crippen LogP contribution in [0, 0.1) is 0 Å². The van der Waals surface area contributed by atoms with Crippen LogP contribution in [0.3, 0.4) is 0 Å². The van der Waals surface area contributed by atoms with Gasteiger partial charge >= 0.3 is 12.4 Å². The first-order valence-electron chi connectivity index (χ1n) is 10.3. The average molecular weight is 519 g/mol. The molecule has 0 bridgehead atoms. The highest BCUT2D eigenvalue weighted by atomic mass is 35.5. The molecule has 8 nitrogen and oxygen atoms in total. The van der Waals surface area contributed by atoms with Gasteiger partial charge in [-0.2, -0.15) is 36.7 Å². The molecule has 0 saturated heterocycles. The first-order valence-corrected chi connectivity index (χ1v) is 10.7. The Balaban J connectivity index is 1.75. The Morgan fingerprint density at radius 2 is 1.74 bits per heavy atom. The van der Waals surface area contributed by atoms with Crippen molar-refractivity contribution >= 4 is 11.6 Å². The molecule has 186 valence electrons. The Bertz CT molecular complexity index is 1290. The lowest BCUT2D eigenvalue weighted by Crippen LogP contribution is -2.13. The average Bonchev–Trinajstić information content (AvgIpc) is 3.50. The third kappa shape index (κ3) is 5.16. The van der Waals surface area contributed by atoms with Gasteiger partial charge in [-0.25, -0.2) is 9.67 Å². The minimum absolute atomic E-state index is 0.0343. The summed E-state index contributed by atoms with van der Waals surface area (Å²) in [5.41, 5.74) is -3.53. The van der Waals surface area contributed by atoms with Crippen LogP contribution in [-0.2, 0) is 25.3 Å². The summed E-state index contributed by atoms with van der Waals surface area (Å²) < 4.78 is 84.2. The fourth-order valence-electron chi connectivity index (χ4n) is 3.52. The zero-order valence-corrected chi connectivity index (χ0v) is 18.7. The molecule has 0 aliphatic heterocycles. The third-order valence-corrected chi connectivity index (χ3v) is 5.38. The minimum Gasteiger partial charge on any atom is -0.302 e. The van der Waals surface area contributed by atoms with Crippen LogP contribution >= 0.6 is 11.6 Å². The molecule has 0 atom stereocenters. The number of alkyl halides is 6. The number of nitrogens with one attached hydrogen (secondary N) is 1. The molecule has 3 heterocycles. The van der Waals surface area contributed by atoms with Gasteiger partial charge in [-0.05, 0) is 47.0 Å². The summed E-state index contributed by atoms with van der Waals surface area (Å²) in [6, 6.07) is 5.49. The highest BCUT2D eigenvalue weighted by Gasteiger charge is 2.45. The molecule has 4 aromatic rings. The number of aromatic nitrogens is 8. The van der Waals surface area contributed by atoms with E-state index in [-0.39, 0.29) is 23.6 Å². The lowest BCUT2D eigenvalue weighted by Gasteiger charge is -2.15. The molecule has 0 saturated carbocycles. The molecule has 0 fully saturated rings. The second kappa shape index (κ2) is 9.32. The van der Waals surface area contributed by atoms with Crippen LogP contribution in [0.1, 0.15) is 42.4 Å². The highest BCUT2D eigenvalue weighted by molar-refractivity contribution is 6.28. The summed E-state index contributed by atoms with van der Waals surface area (Å²) in [4.78, 5) is 4.17. The Kier molecular flexibility index (Phi) is 6.58. The fraction of sp³-hybridized carbons (Fsp3) is 0.350. The van der Waals surface area contributed by atoms with Gasteiger partial charge in [0.2, 0.25) is 11.1 Å². The van der Waals surface area contributed by atoms with Gasteiger partial charge in [0, 0.05) is 12.1 Å². The molecule has 0 aliphatic rings. The number of rotatable bonds is 7. The van der Waals surface area contributed by atoms with Crippen molar-refractivity contribution in [2.75, 3.05) is 0 Å². The smallest absolute Gasteiger partial charge is 0.302 e. The standard InChI is InChI=1S/C20H17ClF6N8/c1-2-3-4-15-28-18(21)34(31-15)10-11-5-7-12(8-6-11)35-14(20(25,26)27)9-13(19(22,23)24)16(35)17-29-32-33-30-17/h5-9H,2-4,10H2,1H3,(H,29,30,32,33). The molecule has 0 unspecified atom stereocenters. The van der Waals surface area contributed by atoms with Crippen molar-refractivity contribution in [3.63, 3.8) is 0 Å². The number of aromatic amines is 1. The van der Waals surface area contributed by atoms with Crippen molar-refractivity contribution in [2.24, 2.45) is 0 Å². The Morgan fingerprint density at radius 3 is 2.31 bits per heavy atom. The van der Waals surface area contributed by atoms with E-state index in [1.54, 1.807) is 0 Å². The Labute approximate surface area is 198 Å². The van der Waals surface area contributed by atoms with Crippen LogP contribution in [0.4, 0.5) is 26.3 Å². The lowest BCUT2D eigenvalue weighted by molar-refractivity contribution is -0.143. The summed E-state index contributed by atoms with van der Waals surface area (Å²) in [5.74, 6) is -0.0639. The van der Waals surface area contributed by atoms with E-state index in [0.717, 1.165) is 12.8 Å². The van der Waals surface area contributed by atoms with Crippen LogP contribution < -0.4 is 0 Å². The zero-order chi connectivity index (χ0) is 25.4. The number of H-pyrrole nitrogens is 1. The van der Waals surface area contributed by atoms with Crippen LogP contribution in [0.25, 0.3) is 17.2 Å². The SMILES string of the molecule is CCCCc1nc(Cl)n(Cc2ccc(-n3c(C(F)(F)F)cc(C(F)(F)F)c3-c3nn[nH]n3)cc2)n1. The number of hydrogen-bond acceptors (Lipinski definition) is 5. The van der Waals surface area contributed by atoms with E-state index >= 15 is 0 Å². The number of hydrogen-bond donors (Lipinski definition) is 1. The molecular formula is C20H17ClF6N8. The summed E-state index contributed by atoms with van der Waals surface area (Å²) in [5, 5.41) is 16.6. The van der Waals surface area contributed by atoms with E-state index in [1.165, 1.54) is 28.9 Å². The molecule has 1 N–H and O–H groups in total. The molecule has 0 aliphatic carbocycles. The van der Waals surface area contributed by atoms with Crippen LogP contribution in [-0.4, -0.2) is 40.0 Å². The van der Waals surface area contributed by atoms with Gasteiger partial charge in [-0.3, -0.25) is 0 Å². The van der Waals surface area contributed by atoms with Crippen molar-refractivity contribution in [2.45, 2.75) is 45.1 Å². The number of halogens is 7. The summed E-state index contributed by atoms with van der Waals surface area (Å²) in [7, 11) is 0. The van der Waals surface area contributed by atoms with Gasteiger partial charge < -0.3 is 4.57 Å². The van der Waals surface area contributed by atoms with Gasteiger partial charge in [0.15, 0.2) is 5.82 Å².